The number of aromatic nitrogens is 2. The fourth-order valence-electron chi connectivity index (χ4n) is 1.94. The fraction of sp³-hybridized carbons (Fsp3) is 0.312. The largest absolute Gasteiger partial charge is 0.238 e. The van der Waals surface area contributed by atoms with E-state index in [2.05, 4.69) is 45.4 Å². The topological polar surface area (TPSA) is 12.1 Å². The van der Waals surface area contributed by atoms with Crippen molar-refractivity contribution in [1.29, 1.82) is 0 Å². The summed E-state index contributed by atoms with van der Waals surface area (Å²) in [6, 6.07) is 8.00. The van der Waals surface area contributed by atoms with Crippen molar-refractivity contribution >= 4 is 5.69 Å². The smallest absolute Gasteiger partial charge is 0.198 e. The van der Waals surface area contributed by atoms with Gasteiger partial charge in [0.2, 0.25) is 0 Å². The molecule has 0 saturated carbocycles. The minimum atomic E-state index is 0.700. The second-order valence-electron chi connectivity index (χ2n) is 4.73. The van der Waals surface area contributed by atoms with Gasteiger partial charge >= 0.3 is 0 Å². The summed E-state index contributed by atoms with van der Waals surface area (Å²) >= 11 is 0. The van der Waals surface area contributed by atoms with Crippen molar-refractivity contribution in [2.75, 3.05) is 0 Å². The molecule has 0 unspecified atom stereocenters. The Balaban J connectivity index is 1.74. The first-order valence-corrected chi connectivity index (χ1v) is 6.60. The van der Waals surface area contributed by atoms with Gasteiger partial charge in [-0.3, -0.25) is 0 Å². The van der Waals surface area contributed by atoms with Crippen molar-refractivity contribution in [2.45, 2.75) is 32.9 Å². The quantitative estimate of drug-likeness (QED) is 0.441. The molecule has 0 saturated heterocycles. The summed E-state index contributed by atoms with van der Waals surface area (Å²) in [5, 5.41) is 0. The van der Waals surface area contributed by atoms with Crippen LogP contribution in [0.25, 0.3) is 4.85 Å². The number of aryl methyl sites for hydroxylation is 3. The van der Waals surface area contributed by atoms with Crippen molar-refractivity contribution in [3.05, 3.63) is 66.0 Å². The van der Waals surface area contributed by atoms with Crippen LogP contribution in [0.2, 0.25) is 0 Å². The summed E-state index contributed by atoms with van der Waals surface area (Å²) in [5.74, 6) is 0. The molecule has 2 aromatic rings. The summed E-state index contributed by atoms with van der Waals surface area (Å²) in [5.41, 5.74) is 2.00. The van der Waals surface area contributed by atoms with Crippen molar-refractivity contribution in [3.8, 4) is 0 Å². The molecule has 0 amide bonds. The molecule has 0 atom stereocenters. The summed E-state index contributed by atoms with van der Waals surface area (Å²) in [4.78, 5) is 3.39. The standard InChI is InChI=1S/C16H19N3/c1-15-5-11-18(12-6-15)9-3-4-10-19-13-7-16(17-2)8-14-19/h5-8,11-14H,3-4,9-10H2,1H3/q+2. The van der Waals surface area contributed by atoms with E-state index in [1.165, 1.54) is 5.56 Å². The van der Waals surface area contributed by atoms with Crippen LogP contribution in [0.15, 0.2) is 49.1 Å². The molecule has 0 spiro atoms. The van der Waals surface area contributed by atoms with Gasteiger partial charge in [0.1, 0.15) is 13.1 Å². The van der Waals surface area contributed by atoms with E-state index in [4.69, 9.17) is 6.57 Å². The minimum absolute atomic E-state index is 0.700. The van der Waals surface area contributed by atoms with Crippen LogP contribution in [-0.2, 0) is 13.1 Å². The number of nitrogens with zero attached hydrogens (tertiary/aromatic N) is 3. The fourth-order valence-corrected chi connectivity index (χ4v) is 1.94. The molecule has 2 aromatic heterocycles. The van der Waals surface area contributed by atoms with E-state index in [9.17, 15) is 0 Å². The summed E-state index contributed by atoms with van der Waals surface area (Å²) in [6.45, 7) is 11.1. The Bertz CT molecular complexity index is 550. The highest BCUT2D eigenvalue weighted by atomic mass is 14.9. The summed E-state index contributed by atoms with van der Waals surface area (Å²) < 4.78 is 4.36. The minimum Gasteiger partial charge on any atom is -0.238 e. The second-order valence-corrected chi connectivity index (χ2v) is 4.73. The Morgan fingerprint density at radius 2 is 1.37 bits per heavy atom. The molecule has 0 aliphatic heterocycles. The van der Waals surface area contributed by atoms with E-state index in [1.54, 1.807) is 0 Å². The van der Waals surface area contributed by atoms with Crippen LogP contribution in [0.3, 0.4) is 0 Å². The molecule has 0 radical (unpaired) electrons. The Morgan fingerprint density at radius 3 is 1.84 bits per heavy atom. The zero-order chi connectivity index (χ0) is 13.5. The maximum atomic E-state index is 6.91. The summed E-state index contributed by atoms with van der Waals surface area (Å²) in [6.07, 6.45) is 10.5. The second kappa shape index (κ2) is 6.65. The molecular weight excluding hydrogens is 234 g/mol. The molecule has 0 aromatic carbocycles. The molecule has 3 heteroatoms. The molecule has 0 fully saturated rings. The molecule has 2 heterocycles. The van der Waals surface area contributed by atoms with Gasteiger partial charge in [-0.15, -0.1) is 0 Å². The Hall–Kier alpha value is -2.21. The number of hydrogen-bond donors (Lipinski definition) is 0. The average Bonchev–Trinajstić information content (AvgIpc) is 2.46. The van der Waals surface area contributed by atoms with Crippen LogP contribution < -0.4 is 9.13 Å². The Morgan fingerprint density at radius 1 is 0.895 bits per heavy atom. The lowest BCUT2D eigenvalue weighted by Gasteiger charge is -1.98. The van der Waals surface area contributed by atoms with Crippen LogP contribution in [0.4, 0.5) is 5.69 Å². The first-order chi connectivity index (χ1) is 9.28. The van der Waals surface area contributed by atoms with E-state index < -0.39 is 0 Å². The van der Waals surface area contributed by atoms with Crippen molar-refractivity contribution < 1.29 is 9.13 Å². The van der Waals surface area contributed by atoms with E-state index in [0.717, 1.165) is 25.9 Å². The molecule has 0 aliphatic rings. The van der Waals surface area contributed by atoms with Gasteiger partial charge in [0.15, 0.2) is 30.5 Å². The predicted octanol–water partition coefficient (Wildman–Crippen LogP) is 2.60. The monoisotopic (exact) mass is 253 g/mol. The molecule has 0 aliphatic carbocycles. The van der Waals surface area contributed by atoms with Crippen molar-refractivity contribution in [2.24, 2.45) is 0 Å². The molecule has 19 heavy (non-hydrogen) atoms. The van der Waals surface area contributed by atoms with E-state index >= 15 is 0 Å². The molecule has 0 N–H and O–H groups in total. The molecular formula is C16H19N3+2. The van der Waals surface area contributed by atoms with Crippen LogP contribution in [-0.4, -0.2) is 0 Å². The third-order valence-corrected chi connectivity index (χ3v) is 3.14. The molecule has 2 rings (SSSR count). The van der Waals surface area contributed by atoms with Gasteiger partial charge in [-0.1, -0.05) is 0 Å². The van der Waals surface area contributed by atoms with Crippen LogP contribution >= 0.6 is 0 Å². The Labute approximate surface area is 114 Å². The van der Waals surface area contributed by atoms with E-state index in [-0.39, 0.29) is 0 Å². The lowest BCUT2D eigenvalue weighted by Crippen LogP contribution is -2.35. The predicted molar refractivity (Wildman–Crippen MR) is 73.5 cm³/mol. The highest BCUT2D eigenvalue weighted by Crippen LogP contribution is 2.06. The SMILES string of the molecule is [C-]#[N+]c1cc[n+](CCCC[n+]2ccc(C)cc2)cc1. The molecule has 96 valence electrons. The maximum Gasteiger partial charge on any atom is 0.198 e. The zero-order valence-corrected chi connectivity index (χ0v) is 11.3. The van der Waals surface area contributed by atoms with E-state index in [1.807, 2.05) is 24.5 Å². The van der Waals surface area contributed by atoms with Gasteiger partial charge in [-0.25, -0.2) is 14.0 Å². The van der Waals surface area contributed by atoms with Gasteiger partial charge in [-0.05, 0) is 12.5 Å². The van der Waals surface area contributed by atoms with Crippen molar-refractivity contribution in [1.82, 2.24) is 0 Å². The number of rotatable bonds is 5. The van der Waals surface area contributed by atoms with E-state index in [0.29, 0.717) is 5.69 Å². The normalized spacial score (nSPS) is 10.1. The maximum absolute atomic E-state index is 6.91. The van der Waals surface area contributed by atoms with Gasteiger partial charge < -0.3 is 0 Å². The molecule has 3 nitrogen and oxygen atoms in total. The van der Waals surface area contributed by atoms with Gasteiger partial charge in [0, 0.05) is 37.1 Å². The van der Waals surface area contributed by atoms with Crippen LogP contribution in [0, 0.1) is 13.5 Å². The van der Waals surface area contributed by atoms with Crippen LogP contribution in [0.1, 0.15) is 18.4 Å². The number of hydrogen-bond acceptors (Lipinski definition) is 0. The highest BCUT2D eigenvalue weighted by Gasteiger charge is 2.03. The first kappa shape index (κ1) is 13.2. The van der Waals surface area contributed by atoms with Gasteiger partial charge in [0.25, 0.3) is 0 Å². The number of unbranched alkanes of at least 4 members (excludes halogenated alkanes) is 1. The zero-order valence-electron chi connectivity index (χ0n) is 11.3. The van der Waals surface area contributed by atoms with Crippen molar-refractivity contribution in [3.63, 3.8) is 0 Å². The highest BCUT2D eigenvalue weighted by molar-refractivity contribution is 5.40. The third-order valence-electron chi connectivity index (χ3n) is 3.14. The van der Waals surface area contributed by atoms with Gasteiger partial charge in [-0.2, -0.15) is 0 Å². The van der Waals surface area contributed by atoms with Gasteiger partial charge in [0.05, 0.1) is 6.57 Å². The van der Waals surface area contributed by atoms with Crippen LogP contribution in [0.5, 0.6) is 0 Å². The lowest BCUT2D eigenvalue weighted by molar-refractivity contribution is -0.708. The molecule has 0 bridgehead atoms. The Kier molecular flexibility index (Phi) is 4.63. The third kappa shape index (κ3) is 4.18. The average molecular weight is 253 g/mol. The number of pyridine rings is 2. The summed E-state index contributed by atoms with van der Waals surface area (Å²) in [7, 11) is 0. The first-order valence-electron chi connectivity index (χ1n) is 6.60. The lowest BCUT2D eigenvalue weighted by atomic mass is 10.2.